The minimum absolute atomic E-state index is 0.345. The monoisotopic (exact) mass is 328 g/mol. The molecule has 0 radical (unpaired) electrons. The lowest BCUT2D eigenvalue weighted by Gasteiger charge is -2.20. The molecule has 0 bridgehead atoms. The van der Waals surface area contributed by atoms with Crippen molar-refractivity contribution in [1.82, 2.24) is 4.98 Å². The molecule has 2 aromatic rings. The van der Waals surface area contributed by atoms with Gasteiger partial charge in [0.2, 0.25) is 0 Å². The number of hydrogen-bond donors (Lipinski definition) is 1. The summed E-state index contributed by atoms with van der Waals surface area (Å²) in [5.74, 6) is -0.491. The van der Waals surface area contributed by atoms with Gasteiger partial charge in [-0.15, -0.1) is 0 Å². The summed E-state index contributed by atoms with van der Waals surface area (Å²) in [5.41, 5.74) is 1.71. The molecule has 1 amide bonds. The SMILES string of the molecule is COC(=O)c1cc(NC(=O)OC(C)(C)C)ccc1-c1ccncc1. The van der Waals surface area contributed by atoms with Crippen molar-refractivity contribution in [2.45, 2.75) is 26.4 Å². The molecule has 0 saturated heterocycles. The molecule has 0 saturated carbocycles. The number of methoxy groups -OCH3 is 1. The summed E-state index contributed by atoms with van der Waals surface area (Å²) >= 11 is 0. The zero-order chi connectivity index (χ0) is 17.7. The van der Waals surface area contributed by atoms with Crippen molar-refractivity contribution in [2.75, 3.05) is 12.4 Å². The Morgan fingerprint density at radius 2 is 1.75 bits per heavy atom. The van der Waals surface area contributed by atoms with Crippen LogP contribution in [0.4, 0.5) is 10.5 Å². The standard InChI is InChI=1S/C18H20N2O4/c1-18(2,3)24-17(22)20-13-5-6-14(12-7-9-19-10-8-12)15(11-13)16(21)23-4/h5-11H,1-4H3,(H,20,22). The number of pyridine rings is 1. The predicted octanol–water partition coefficient (Wildman–Crippen LogP) is 3.88. The van der Waals surface area contributed by atoms with Crippen LogP contribution in [-0.4, -0.2) is 29.8 Å². The van der Waals surface area contributed by atoms with Crippen LogP contribution in [0.3, 0.4) is 0 Å². The van der Waals surface area contributed by atoms with E-state index in [2.05, 4.69) is 10.3 Å². The van der Waals surface area contributed by atoms with Crippen LogP contribution in [0.25, 0.3) is 11.1 Å². The van der Waals surface area contributed by atoms with Gasteiger partial charge >= 0.3 is 12.1 Å². The van der Waals surface area contributed by atoms with E-state index in [-0.39, 0.29) is 0 Å². The van der Waals surface area contributed by atoms with Crippen LogP contribution in [0.5, 0.6) is 0 Å². The largest absolute Gasteiger partial charge is 0.465 e. The van der Waals surface area contributed by atoms with E-state index in [4.69, 9.17) is 9.47 Å². The summed E-state index contributed by atoms with van der Waals surface area (Å²) in [4.78, 5) is 27.9. The van der Waals surface area contributed by atoms with Gasteiger partial charge in [-0.2, -0.15) is 0 Å². The van der Waals surface area contributed by atoms with Gasteiger partial charge in [-0.3, -0.25) is 10.3 Å². The van der Waals surface area contributed by atoms with Crippen molar-refractivity contribution < 1.29 is 19.1 Å². The number of aromatic nitrogens is 1. The third-order valence-electron chi connectivity index (χ3n) is 3.06. The normalized spacial score (nSPS) is 10.8. The number of rotatable bonds is 3. The second-order valence-electron chi connectivity index (χ2n) is 6.11. The van der Waals surface area contributed by atoms with Gasteiger partial charge in [0.25, 0.3) is 0 Å². The molecule has 126 valence electrons. The van der Waals surface area contributed by atoms with Gasteiger partial charge in [0.05, 0.1) is 12.7 Å². The van der Waals surface area contributed by atoms with Crippen LogP contribution in [0, 0.1) is 0 Å². The molecular formula is C18H20N2O4. The van der Waals surface area contributed by atoms with Crippen molar-refractivity contribution >= 4 is 17.7 Å². The highest BCUT2D eigenvalue weighted by Crippen LogP contribution is 2.27. The van der Waals surface area contributed by atoms with Crippen molar-refractivity contribution in [3.63, 3.8) is 0 Å². The smallest absolute Gasteiger partial charge is 0.412 e. The number of anilines is 1. The summed E-state index contributed by atoms with van der Waals surface area (Å²) in [6, 6.07) is 8.59. The maximum atomic E-state index is 12.1. The Morgan fingerprint density at radius 3 is 2.33 bits per heavy atom. The summed E-state index contributed by atoms with van der Waals surface area (Å²) in [7, 11) is 1.31. The van der Waals surface area contributed by atoms with E-state index in [0.717, 1.165) is 5.56 Å². The lowest BCUT2D eigenvalue weighted by atomic mass is 10.00. The minimum atomic E-state index is -0.605. The average molecular weight is 328 g/mol. The first kappa shape index (κ1) is 17.5. The van der Waals surface area contributed by atoms with E-state index in [1.54, 1.807) is 63.5 Å². The number of carbonyl (C=O) groups excluding carboxylic acids is 2. The molecule has 0 unspecified atom stereocenters. The molecule has 0 aliphatic carbocycles. The van der Waals surface area contributed by atoms with E-state index in [1.807, 2.05) is 0 Å². The van der Waals surface area contributed by atoms with Gasteiger partial charge in [-0.05, 0) is 56.2 Å². The molecule has 0 spiro atoms. The zero-order valence-electron chi connectivity index (χ0n) is 14.1. The molecule has 1 heterocycles. The highest BCUT2D eigenvalue weighted by molar-refractivity contribution is 5.99. The summed E-state index contributed by atoms with van der Waals surface area (Å²) in [5, 5.41) is 2.62. The van der Waals surface area contributed by atoms with Crippen LogP contribution in [-0.2, 0) is 9.47 Å². The molecule has 1 N–H and O–H groups in total. The van der Waals surface area contributed by atoms with Gasteiger partial charge in [-0.25, -0.2) is 9.59 Å². The molecule has 0 aliphatic rings. The number of benzene rings is 1. The summed E-state index contributed by atoms with van der Waals surface area (Å²) < 4.78 is 10.0. The van der Waals surface area contributed by atoms with E-state index in [0.29, 0.717) is 16.8 Å². The molecule has 0 aliphatic heterocycles. The second-order valence-corrected chi connectivity index (χ2v) is 6.11. The Balaban J connectivity index is 2.34. The number of carbonyl (C=O) groups is 2. The third-order valence-corrected chi connectivity index (χ3v) is 3.06. The average Bonchev–Trinajstić information content (AvgIpc) is 2.53. The lowest BCUT2D eigenvalue weighted by molar-refractivity contribution is 0.0597. The highest BCUT2D eigenvalue weighted by Gasteiger charge is 2.18. The number of nitrogens with one attached hydrogen (secondary N) is 1. The number of nitrogens with zero attached hydrogens (tertiary/aromatic N) is 1. The highest BCUT2D eigenvalue weighted by atomic mass is 16.6. The van der Waals surface area contributed by atoms with Crippen LogP contribution < -0.4 is 5.32 Å². The quantitative estimate of drug-likeness (QED) is 0.865. The number of amides is 1. The Hall–Kier alpha value is -2.89. The Bertz CT molecular complexity index is 736. The molecule has 1 aromatic carbocycles. The molecule has 0 atom stereocenters. The van der Waals surface area contributed by atoms with E-state index >= 15 is 0 Å². The van der Waals surface area contributed by atoms with Crippen LogP contribution in [0.15, 0.2) is 42.7 Å². The number of esters is 1. The van der Waals surface area contributed by atoms with E-state index in [9.17, 15) is 9.59 Å². The number of ether oxygens (including phenoxy) is 2. The Labute approximate surface area is 140 Å². The second kappa shape index (κ2) is 7.12. The van der Waals surface area contributed by atoms with Gasteiger partial charge in [0, 0.05) is 18.1 Å². The van der Waals surface area contributed by atoms with Crippen molar-refractivity contribution in [3.05, 3.63) is 48.3 Å². The maximum Gasteiger partial charge on any atom is 0.412 e. The van der Waals surface area contributed by atoms with Crippen LogP contribution in [0.2, 0.25) is 0 Å². The first-order chi connectivity index (χ1) is 11.3. The molecule has 6 heteroatoms. The van der Waals surface area contributed by atoms with Gasteiger partial charge in [0.15, 0.2) is 0 Å². The summed E-state index contributed by atoms with van der Waals surface area (Å²) in [6.07, 6.45) is 2.70. The first-order valence-electron chi connectivity index (χ1n) is 7.43. The van der Waals surface area contributed by atoms with Gasteiger partial charge in [-0.1, -0.05) is 6.07 Å². The molecule has 6 nitrogen and oxygen atoms in total. The van der Waals surface area contributed by atoms with Crippen molar-refractivity contribution in [2.24, 2.45) is 0 Å². The third kappa shape index (κ3) is 4.55. The topological polar surface area (TPSA) is 77.5 Å². The van der Waals surface area contributed by atoms with Crippen LogP contribution >= 0.6 is 0 Å². The van der Waals surface area contributed by atoms with E-state index in [1.165, 1.54) is 7.11 Å². The Kier molecular flexibility index (Phi) is 5.18. The Morgan fingerprint density at radius 1 is 1.08 bits per heavy atom. The van der Waals surface area contributed by atoms with Gasteiger partial charge in [0.1, 0.15) is 5.60 Å². The fourth-order valence-corrected chi connectivity index (χ4v) is 2.11. The zero-order valence-corrected chi connectivity index (χ0v) is 14.1. The lowest BCUT2D eigenvalue weighted by Crippen LogP contribution is -2.27. The predicted molar refractivity (Wildman–Crippen MR) is 90.9 cm³/mol. The fourth-order valence-electron chi connectivity index (χ4n) is 2.11. The minimum Gasteiger partial charge on any atom is -0.465 e. The maximum absolute atomic E-state index is 12.1. The van der Waals surface area contributed by atoms with E-state index < -0.39 is 17.7 Å². The van der Waals surface area contributed by atoms with Crippen molar-refractivity contribution in [1.29, 1.82) is 0 Å². The molecule has 24 heavy (non-hydrogen) atoms. The number of hydrogen-bond acceptors (Lipinski definition) is 5. The summed E-state index contributed by atoms with van der Waals surface area (Å²) in [6.45, 7) is 5.33. The molecule has 1 aromatic heterocycles. The molecular weight excluding hydrogens is 308 g/mol. The fraction of sp³-hybridized carbons (Fsp3) is 0.278. The van der Waals surface area contributed by atoms with Gasteiger partial charge < -0.3 is 9.47 Å². The van der Waals surface area contributed by atoms with Crippen LogP contribution in [0.1, 0.15) is 31.1 Å². The molecule has 2 rings (SSSR count). The van der Waals surface area contributed by atoms with Crippen molar-refractivity contribution in [3.8, 4) is 11.1 Å². The first-order valence-corrected chi connectivity index (χ1v) is 7.43. The molecule has 0 fully saturated rings.